The Hall–Kier alpha value is -2.42. The third-order valence-corrected chi connectivity index (χ3v) is 4.29. The average Bonchev–Trinajstić information content (AvgIpc) is 3.08. The van der Waals surface area contributed by atoms with E-state index in [-0.39, 0.29) is 10.6 Å². The van der Waals surface area contributed by atoms with Crippen molar-refractivity contribution in [2.75, 3.05) is 4.90 Å². The molecule has 3 rings (SSSR count). The van der Waals surface area contributed by atoms with E-state index in [1.165, 1.54) is 11.3 Å². The van der Waals surface area contributed by atoms with E-state index in [2.05, 4.69) is 0 Å². The van der Waals surface area contributed by atoms with Crippen LogP contribution in [0.2, 0.25) is 0 Å². The van der Waals surface area contributed by atoms with Gasteiger partial charge in [-0.1, -0.05) is 17.7 Å². The van der Waals surface area contributed by atoms with Crippen molar-refractivity contribution < 1.29 is 9.59 Å². The zero-order chi connectivity index (χ0) is 15.0. The van der Waals surface area contributed by atoms with Gasteiger partial charge in [-0.3, -0.25) is 9.59 Å². The van der Waals surface area contributed by atoms with Gasteiger partial charge in [0.15, 0.2) is 0 Å². The first-order chi connectivity index (χ1) is 10.1. The Labute approximate surface area is 129 Å². The fourth-order valence-corrected chi connectivity index (χ4v) is 3.15. The predicted molar refractivity (Wildman–Crippen MR) is 80.7 cm³/mol. The fourth-order valence-electron chi connectivity index (χ4n) is 2.06. The second kappa shape index (κ2) is 5.17. The van der Waals surface area contributed by atoms with Gasteiger partial charge in [-0.05, 0) is 35.7 Å². The van der Waals surface area contributed by atoms with Crippen LogP contribution in [0.1, 0.15) is 10.4 Å². The summed E-state index contributed by atoms with van der Waals surface area (Å²) in [5.41, 5.74) is 1.07. The smallest absolute Gasteiger partial charge is 0.268 e. The summed E-state index contributed by atoms with van der Waals surface area (Å²) in [4.78, 5) is 26.4. The van der Waals surface area contributed by atoms with Gasteiger partial charge >= 0.3 is 0 Å². The summed E-state index contributed by atoms with van der Waals surface area (Å²) in [6.07, 6.45) is 0. The van der Waals surface area contributed by atoms with Crippen LogP contribution in [0.5, 0.6) is 0 Å². The van der Waals surface area contributed by atoms with Crippen molar-refractivity contribution in [1.29, 1.82) is 5.26 Å². The van der Waals surface area contributed by atoms with Gasteiger partial charge in [0.25, 0.3) is 11.8 Å². The number of thiophene rings is 1. The summed E-state index contributed by atoms with van der Waals surface area (Å²) in [5.74, 6) is -0.994. The first kappa shape index (κ1) is 13.6. The second-order valence-electron chi connectivity index (χ2n) is 4.27. The van der Waals surface area contributed by atoms with Crippen molar-refractivity contribution in [2.24, 2.45) is 0 Å². The van der Waals surface area contributed by atoms with Crippen molar-refractivity contribution in [3.8, 4) is 6.07 Å². The molecule has 1 aliphatic rings. The quantitative estimate of drug-likeness (QED) is 0.800. The van der Waals surface area contributed by atoms with Crippen molar-refractivity contribution >= 4 is 46.0 Å². The predicted octanol–water partition coefficient (Wildman–Crippen LogP) is 3.14. The third kappa shape index (κ3) is 2.15. The number of imide groups is 1. The topological polar surface area (TPSA) is 61.2 Å². The molecule has 1 aliphatic heterocycles. The molecule has 0 radical (unpaired) electrons. The number of halogens is 1. The van der Waals surface area contributed by atoms with E-state index in [1.54, 1.807) is 36.4 Å². The van der Waals surface area contributed by atoms with Crippen molar-refractivity contribution in [3.05, 3.63) is 57.3 Å². The molecule has 0 saturated heterocycles. The SMILES string of the molecule is N#Cc1ccc(N2C(=O)C(Cl)=C(c3cccs3)C2=O)cc1. The first-order valence-corrected chi connectivity index (χ1v) is 7.22. The van der Waals surface area contributed by atoms with E-state index < -0.39 is 11.8 Å². The lowest BCUT2D eigenvalue weighted by molar-refractivity contribution is -0.119. The molecule has 0 spiro atoms. The van der Waals surface area contributed by atoms with E-state index in [9.17, 15) is 9.59 Å². The van der Waals surface area contributed by atoms with Crippen LogP contribution in [0, 0.1) is 11.3 Å². The van der Waals surface area contributed by atoms with Crippen LogP contribution in [0.4, 0.5) is 5.69 Å². The summed E-state index contributed by atoms with van der Waals surface area (Å²) in [6.45, 7) is 0. The van der Waals surface area contributed by atoms with Crippen LogP contribution >= 0.6 is 22.9 Å². The molecule has 0 fully saturated rings. The molecule has 2 heterocycles. The zero-order valence-electron chi connectivity index (χ0n) is 10.5. The highest BCUT2D eigenvalue weighted by Gasteiger charge is 2.39. The summed E-state index contributed by atoms with van der Waals surface area (Å²) < 4.78 is 0. The molecule has 0 atom stereocenters. The van der Waals surface area contributed by atoms with E-state index >= 15 is 0 Å². The molecule has 1 aromatic carbocycles. The number of nitriles is 1. The second-order valence-corrected chi connectivity index (χ2v) is 5.60. The highest BCUT2D eigenvalue weighted by molar-refractivity contribution is 7.11. The minimum Gasteiger partial charge on any atom is -0.268 e. The number of anilines is 1. The Morgan fingerprint density at radius 2 is 1.81 bits per heavy atom. The molecule has 0 saturated carbocycles. The lowest BCUT2D eigenvalue weighted by Crippen LogP contribution is -2.31. The van der Waals surface area contributed by atoms with Crippen LogP contribution in [0.3, 0.4) is 0 Å². The first-order valence-electron chi connectivity index (χ1n) is 5.96. The standard InChI is InChI=1S/C15H7ClN2O2S/c16-13-12(11-2-1-7-21-11)14(19)18(15(13)20)10-5-3-9(8-17)4-6-10/h1-7H. The Bertz CT molecular complexity index is 801. The number of hydrogen-bond donors (Lipinski definition) is 0. The monoisotopic (exact) mass is 314 g/mol. The van der Waals surface area contributed by atoms with E-state index in [0.717, 1.165) is 4.90 Å². The van der Waals surface area contributed by atoms with Gasteiger partial charge in [-0.15, -0.1) is 11.3 Å². The average molecular weight is 315 g/mol. The largest absolute Gasteiger partial charge is 0.277 e. The van der Waals surface area contributed by atoms with Crippen LogP contribution in [0.25, 0.3) is 5.57 Å². The maximum atomic E-state index is 12.5. The number of carbonyl (C=O) groups excluding carboxylic acids is 2. The minimum absolute atomic E-state index is 0.0770. The molecular formula is C15H7ClN2O2S. The molecule has 102 valence electrons. The number of amides is 2. The van der Waals surface area contributed by atoms with Crippen LogP contribution in [0.15, 0.2) is 46.8 Å². The molecule has 0 bridgehead atoms. The number of benzene rings is 1. The Morgan fingerprint density at radius 3 is 2.38 bits per heavy atom. The molecule has 4 nitrogen and oxygen atoms in total. The fraction of sp³-hybridized carbons (Fsp3) is 0. The summed E-state index contributed by atoms with van der Waals surface area (Å²) in [6, 6.07) is 11.7. The lowest BCUT2D eigenvalue weighted by atomic mass is 10.2. The number of rotatable bonds is 2. The van der Waals surface area contributed by atoms with Crippen LogP contribution < -0.4 is 4.90 Å². The number of hydrogen-bond acceptors (Lipinski definition) is 4. The van der Waals surface area contributed by atoms with E-state index in [1.807, 2.05) is 11.4 Å². The van der Waals surface area contributed by atoms with Crippen LogP contribution in [-0.2, 0) is 9.59 Å². The lowest BCUT2D eigenvalue weighted by Gasteiger charge is -2.14. The number of nitrogens with zero attached hydrogens (tertiary/aromatic N) is 2. The molecule has 21 heavy (non-hydrogen) atoms. The minimum atomic E-state index is -0.547. The Morgan fingerprint density at radius 1 is 1.10 bits per heavy atom. The maximum absolute atomic E-state index is 12.5. The summed E-state index contributed by atoms with van der Waals surface area (Å²) in [5, 5.41) is 10.5. The van der Waals surface area contributed by atoms with Crippen molar-refractivity contribution in [3.63, 3.8) is 0 Å². The highest BCUT2D eigenvalue weighted by Crippen LogP contribution is 2.36. The summed E-state index contributed by atoms with van der Waals surface area (Å²) >= 11 is 7.39. The van der Waals surface area contributed by atoms with Gasteiger partial charge in [0.05, 0.1) is 22.9 Å². The maximum Gasteiger partial charge on any atom is 0.277 e. The molecular weight excluding hydrogens is 308 g/mol. The molecule has 0 unspecified atom stereocenters. The van der Waals surface area contributed by atoms with E-state index in [0.29, 0.717) is 16.1 Å². The van der Waals surface area contributed by atoms with E-state index in [4.69, 9.17) is 16.9 Å². The van der Waals surface area contributed by atoms with Gasteiger partial charge in [0, 0.05) is 4.88 Å². The van der Waals surface area contributed by atoms with Gasteiger partial charge in [-0.2, -0.15) is 5.26 Å². The highest BCUT2D eigenvalue weighted by atomic mass is 35.5. The van der Waals surface area contributed by atoms with Crippen molar-refractivity contribution in [2.45, 2.75) is 0 Å². The van der Waals surface area contributed by atoms with Crippen LogP contribution in [-0.4, -0.2) is 11.8 Å². The molecule has 2 amide bonds. The van der Waals surface area contributed by atoms with Crippen molar-refractivity contribution in [1.82, 2.24) is 0 Å². The van der Waals surface area contributed by atoms with Gasteiger partial charge in [0.2, 0.25) is 0 Å². The molecule has 2 aromatic rings. The normalized spacial score (nSPS) is 14.8. The zero-order valence-corrected chi connectivity index (χ0v) is 12.1. The molecule has 1 aromatic heterocycles. The third-order valence-electron chi connectivity index (χ3n) is 3.05. The van der Waals surface area contributed by atoms with Gasteiger partial charge < -0.3 is 0 Å². The Kier molecular flexibility index (Phi) is 3.34. The van der Waals surface area contributed by atoms with Gasteiger partial charge in [-0.25, -0.2) is 4.90 Å². The Balaban J connectivity index is 2.02. The molecule has 6 heteroatoms. The molecule has 0 aliphatic carbocycles. The number of carbonyl (C=O) groups is 2. The van der Waals surface area contributed by atoms with Gasteiger partial charge in [0.1, 0.15) is 5.03 Å². The molecule has 0 N–H and O–H groups in total. The summed E-state index contributed by atoms with van der Waals surface area (Å²) in [7, 11) is 0.